The molecule has 1 aliphatic heterocycles. The molecule has 24 heavy (non-hydrogen) atoms. The zero-order chi connectivity index (χ0) is 16.7. The zero-order valence-electron chi connectivity index (χ0n) is 13.7. The maximum atomic E-state index is 12.9. The SMILES string of the molecule is CN(C)c1ccnc2sc3c(=O)n(CC4=CCCCS4)cnc3c12. The number of hydrogen-bond donors (Lipinski definition) is 0. The number of thioether (sulfide) groups is 1. The third kappa shape index (κ3) is 2.61. The van der Waals surface area contributed by atoms with Gasteiger partial charge in [0, 0.05) is 25.2 Å². The highest BCUT2D eigenvalue weighted by Gasteiger charge is 2.17. The van der Waals surface area contributed by atoms with Crippen LogP contribution in [0.4, 0.5) is 5.69 Å². The molecule has 0 radical (unpaired) electrons. The second kappa shape index (κ2) is 6.22. The number of pyridine rings is 1. The van der Waals surface area contributed by atoms with E-state index in [1.165, 1.54) is 22.7 Å². The van der Waals surface area contributed by atoms with Crippen LogP contribution in [-0.4, -0.2) is 34.4 Å². The van der Waals surface area contributed by atoms with E-state index in [0.717, 1.165) is 33.6 Å². The number of anilines is 1. The molecule has 4 heterocycles. The van der Waals surface area contributed by atoms with Gasteiger partial charge in [-0.2, -0.15) is 0 Å². The molecule has 0 aromatic carbocycles. The molecule has 0 fully saturated rings. The monoisotopic (exact) mass is 358 g/mol. The van der Waals surface area contributed by atoms with Gasteiger partial charge in [0.15, 0.2) is 0 Å². The number of allylic oxidation sites excluding steroid dienone is 2. The second-order valence-corrected chi connectivity index (χ2v) is 8.24. The molecular weight excluding hydrogens is 340 g/mol. The summed E-state index contributed by atoms with van der Waals surface area (Å²) in [5.74, 6) is 1.13. The molecule has 0 saturated heterocycles. The van der Waals surface area contributed by atoms with Gasteiger partial charge < -0.3 is 4.90 Å². The molecule has 0 spiro atoms. The molecule has 0 aliphatic carbocycles. The summed E-state index contributed by atoms with van der Waals surface area (Å²) in [4.78, 5) is 26.1. The molecule has 1 aliphatic rings. The van der Waals surface area contributed by atoms with E-state index in [9.17, 15) is 4.79 Å². The Morgan fingerprint density at radius 1 is 1.33 bits per heavy atom. The van der Waals surface area contributed by atoms with Crippen LogP contribution >= 0.6 is 23.1 Å². The predicted molar refractivity (Wildman–Crippen MR) is 103 cm³/mol. The smallest absolute Gasteiger partial charge is 0.271 e. The lowest BCUT2D eigenvalue weighted by molar-refractivity contribution is 0.753. The summed E-state index contributed by atoms with van der Waals surface area (Å²) in [6, 6.07) is 1.96. The number of thiophene rings is 1. The highest BCUT2D eigenvalue weighted by Crippen LogP contribution is 2.35. The Balaban J connectivity index is 1.88. The van der Waals surface area contributed by atoms with Crippen LogP contribution in [0.5, 0.6) is 0 Å². The maximum Gasteiger partial charge on any atom is 0.271 e. The van der Waals surface area contributed by atoms with E-state index >= 15 is 0 Å². The van der Waals surface area contributed by atoms with Crippen LogP contribution in [0.25, 0.3) is 20.4 Å². The molecule has 0 bridgehead atoms. The largest absolute Gasteiger partial charge is 0.377 e. The number of fused-ring (bicyclic) bond motifs is 3. The van der Waals surface area contributed by atoms with E-state index in [4.69, 9.17) is 0 Å². The van der Waals surface area contributed by atoms with Crippen molar-refractivity contribution < 1.29 is 0 Å². The van der Waals surface area contributed by atoms with E-state index in [1.807, 2.05) is 36.8 Å². The summed E-state index contributed by atoms with van der Waals surface area (Å²) in [6.45, 7) is 0.620. The van der Waals surface area contributed by atoms with Crippen LogP contribution in [0, 0.1) is 0 Å². The molecule has 0 atom stereocenters. The molecule has 7 heteroatoms. The molecule has 124 valence electrons. The number of nitrogens with zero attached hydrogens (tertiary/aromatic N) is 4. The van der Waals surface area contributed by atoms with E-state index in [2.05, 4.69) is 16.0 Å². The van der Waals surface area contributed by atoms with Gasteiger partial charge in [0.25, 0.3) is 5.56 Å². The first-order chi connectivity index (χ1) is 11.6. The van der Waals surface area contributed by atoms with Gasteiger partial charge in [-0.05, 0) is 24.7 Å². The van der Waals surface area contributed by atoms with Crippen molar-refractivity contribution in [3.63, 3.8) is 0 Å². The number of rotatable bonds is 3. The van der Waals surface area contributed by atoms with Gasteiger partial charge in [0.1, 0.15) is 9.53 Å². The fourth-order valence-corrected chi connectivity index (χ4v) is 5.05. The van der Waals surface area contributed by atoms with E-state index in [0.29, 0.717) is 11.2 Å². The van der Waals surface area contributed by atoms with Crippen LogP contribution in [0.2, 0.25) is 0 Å². The molecule has 4 rings (SSSR count). The second-order valence-electron chi connectivity index (χ2n) is 6.02. The van der Waals surface area contributed by atoms with Crippen molar-refractivity contribution in [2.75, 3.05) is 24.7 Å². The predicted octanol–water partition coefficient (Wildman–Crippen LogP) is 3.48. The average Bonchev–Trinajstić information content (AvgIpc) is 2.98. The lowest BCUT2D eigenvalue weighted by atomic mass is 10.2. The Bertz CT molecular complexity index is 1000. The van der Waals surface area contributed by atoms with Gasteiger partial charge in [-0.15, -0.1) is 23.1 Å². The summed E-state index contributed by atoms with van der Waals surface area (Å²) < 4.78 is 2.41. The third-order valence-electron chi connectivity index (χ3n) is 4.14. The minimum atomic E-state index is 0.0276. The molecular formula is C17H18N4OS2. The summed E-state index contributed by atoms with van der Waals surface area (Å²) in [7, 11) is 3.98. The van der Waals surface area contributed by atoms with Gasteiger partial charge in [0.2, 0.25) is 0 Å². The fourth-order valence-electron chi connectivity index (χ4n) is 2.94. The fraction of sp³-hybridized carbons (Fsp3) is 0.353. The first kappa shape index (κ1) is 15.7. The van der Waals surface area contributed by atoms with Gasteiger partial charge in [0.05, 0.1) is 29.5 Å². The van der Waals surface area contributed by atoms with Gasteiger partial charge in [-0.25, -0.2) is 9.97 Å². The van der Waals surface area contributed by atoms with Gasteiger partial charge >= 0.3 is 0 Å². The lowest BCUT2D eigenvalue weighted by Gasteiger charge is -2.14. The van der Waals surface area contributed by atoms with Gasteiger partial charge in [-0.3, -0.25) is 9.36 Å². The summed E-state index contributed by atoms with van der Waals surface area (Å²) in [5, 5.41) is 0.970. The maximum absolute atomic E-state index is 12.9. The third-order valence-corrected chi connectivity index (χ3v) is 6.38. The van der Waals surface area contributed by atoms with Crippen LogP contribution in [0.3, 0.4) is 0 Å². The van der Waals surface area contributed by atoms with Crippen molar-refractivity contribution in [3.05, 3.63) is 39.9 Å². The summed E-state index contributed by atoms with van der Waals surface area (Å²) >= 11 is 3.28. The van der Waals surface area contributed by atoms with Crippen LogP contribution in [0.15, 0.2) is 34.4 Å². The minimum absolute atomic E-state index is 0.0276. The Kier molecular flexibility index (Phi) is 4.05. The molecule has 0 saturated carbocycles. The quantitative estimate of drug-likeness (QED) is 0.717. The Labute approximate surface area is 148 Å². The van der Waals surface area contributed by atoms with Crippen LogP contribution < -0.4 is 10.5 Å². The minimum Gasteiger partial charge on any atom is -0.377 e. The Morgan fingerprint density at radius 2 is 2.21 bits per heavy atom. The Morgan fingerprint density at radius 3 is 2.96 bits per heavy atom. The van der Waals surface area contributed by atoms with E-state index in [-0.39, 0.29) is 5.56 Å². The number of aromatic nitrogens is 3. The zero-order valence-corrected chi connectivity index (χ0v) is 15.3. The summed E-state index contributed by atoms with van der Waals surface area (Å²) in [6.07, 6.45) is 8.02. The topological polar surface area (TPSA) is 51.0 Å². The molecule has 5 nitrogen and oxygen atoms in total. The number of hydrogen-bond acceptors (Lipinski definition) is 6. The standard InChI is InChI=1S/C17H18N4OS2/c1-20(2)12-6-7-18-16-13(12)14-15(24-16)17(22)21(10-19-14)9-11-5-3-4-8-23-11/h5-7,10H,3-4,8-9H2,1-2H3. The summed E-state index contributed by atoms with van der Waals surface area (Å²) in [5.41, 5.74) is 1.83. The molecule has 3 aromatic rings. The van der Waals surface area contributed by atoms with Crippen molar-refractivity contribution in [3.8, 4) is 0 Å². The molecule has 0 N–H and O–H groups in total. The molecule has 0 unspecified atom stereocenters. The van der Waals surface area contributed by atoms with Gasteiger partial charge in [-0.1, -0.05) is 6.08 Å². The van der Waals surface area contributed by atoms with Crippen molar-refractivity contribution in [1.29, 1.82) is 0 Å². The van der Waals surface area contributed by atoms with Crippen LogP contribution in [0.1, 0.15) is 12.8 Å². The lowest BCUT2D eigenvalue weighted by Crippen LogP contribution is -2.20. The molecule has 0 amide bonds. The van der Waals surface area contributed by atoms with Crippen molar-refractivity contribution in [1.82, 2.24) is 14.5 Å². The highest BCUT2D eigenvalue weighted by atomic mass is 32.2. The van der Waals surface area contributed by atoms with Crippen molar-refractivity contribution >= 4 is 49.2 Å². The van der Waals surface area contributed by atoms with Crippen molar-refractivity contribution in [2.45, 2.75) is 19.4 Å². The Hall–Kier alpha value is -1.86. The normalized spacial score (nSPS) is 15.0. The van der Waals surface area contributed by atoms with E-state index < -0.39 is 0 Å². The average molecular weight is 358 g/mol. The first-order valence-corrected chi connectivity index (χ1v) is 9.71. The van der Waals surface area contributed by atoms with Crippen molar-refractivity contribution in [2.24, 2.45) is 0 Å². The van der Waals surface area contributed by atoms with E-state index in [1.54, 1.807) is 17.1 Å². The highest BCUT2D eigenvalue weighted by molar-refractivity contribution is 8.03. The first-order valence-electron chi connectivity index (χ1n) is 7.91. The molecule has 3 aromatic heterocycles. The van der Waals surface area contributed by atoms with Crippen LogP contribution in [-0.2, 0) is 6.54 Å².